The third kappa shape index (κ3) is 4.96. The number of rotatable bonds is 7. The number of carbonyl (C=O) groups excluding carboxylic acids is 2. The summed E-state index contributed by atoms with van der Waals surface area (Å²) >= 11 is 1.31. The van der Waals surface area contributed by atoms with Gasteiger partial charge in [-0.05, 0) is 24.6 Å². The van der Waals surface area contributed by atoms with Crippen molar-refractivity contribution >= 4 is 34.0 Å². The van der Waals surface area contributed by atoms with Gasteiger partial charge in [0.1, 0.15) is 5.75 Å². The molecule has 0 saturated carbocycles. The van der Waals surface area contributed by atoms with Crippen LogP contribution < -0.4 is 15.8 Å². The maximum atomic E-state index is 11.8. The number of esters is 1. The number of ether oxygens (including phenoxy) is 2. The van der Waals surface area contributed by atoms with E-state index in [1.165, 1.54) is 23.5 Å². The molecule has 2 rings (SSSR count). The van der Waals surface area contributed by atoms with E-state index in [0.717, 1.165) is 6.42 Å². The highest BCUT2D eigenvalue weighted by Crippen LogP contribution is 2.23. The maximum Gasteiger partial charge on any atom is 0.338 e. The van der Waals surface area contributed by atoms with Gasteiger partial charge in [-0.3, -0.25) is 10.1 Å². The van der Waals surface area contributed by atoms with Crippen molar-refractivity contribution in [2.24, 2.45) is 0 Å². The molecule has 0 saturated heterocycles. The molecule has 1 amide bonds. The summed E-state index contributed by atoms with van der Waals surface area (Å²) in [6.07, 6.45) is 2.32. The summed E-state index contributed by atoms with van der Waals surface area (Å²) in [6, 6.07) is 4.55. The first-order valence-electron chi connectivity index (χ1n) is 6.99. The number of amides is 1. The van der Waals surface area contributed by atoms with Gasteiger partial charge in [-0.2, -0.15) is 0 Å². The zero-order chi connectivity index (χ0) is 16.7. The van der Waals surface area contributed by atoms with E-state index in [2.05, 4.69) is 10.3 Å². The van der Waals surface area contributed by atoms with E-state index in [-0.39, 0.29) is 18.3 Å². The van der Waals surface area contributed by atoms with Gasteiger partial charge in [-0.1, -0.05) is 6.92 Å². The summed E-state index contributed by atoms with van der Waals surface area (Å²) in [5, 5.41) is 4.83. The van der Waals surface area contributed by atoms with Crippen LogP contribution in [-0.4, -0.2) is 30.1 Å². The number of nitrogens with two attached hydrogens (primary N) is 1. The van der Waals surface area contributed by atoms with Crippen molar-refractivity contribution in [2.75, 3.05) is 24.3 Å². The molecular formula is C15H17N3O4S. The molecule has 0 aliphatic heterocycles. The van der Waals surface area contributed by atoms with E-state index in [1.54, 1.807) is 17.6 Å². The first-order valence-corrected chi connectivity index (χ1v) is 7.87. The van der Waals surface area contributed by atoms with Crippen molar-refractivity contribution in [2.45, 2.75) is 13.3 Å². The Labute approximate surface area is 137 Å². The second-order valence-electron chi connectivity index (χ2n) is 4.56. The number of hydrogen-bond acceptors (Lipinski definition) is 7. The average molecular weight is 335 g/mol. The second kappa shape index (κ2) is 8.14. The Kier molecular flexibility index (Phi) is 5.93. The van der Waals surface area contributed by atoms with E-state index < -0.39 is 5.97 Å². The van der Waals surface area contributed by atoms with Crippen LogP contribution in [0.1, 0.15) is 23.7 Å². The monoisotopic (exact) mass is 335 g/mol. The molecule has 0 bridgehead atoms. The molecular weight excluding hydrogens is 318 g/mol. The van der Waals surface area contributed by atoms with Crippen LogP contribution in [0.15, 0.2) is 29.8 Å². The summed E-state index contributed by atoms with van der Waals surface area (Å²) in [6.45, 7) is 2.01. The zero-order valence-electron chi connectivity index (χ0n) is 12.6. The van der Waals surface area contributed by atoms with Crippen LogP contribution in [0.2, 0.25) is 0 Å². The van der Waals surface area contributed by atoms with Crippen molar-refractivity contribution in [3.8, 4) is 5.75 Å². The van der Waals surface area contributed by atoms with Crippen LogP contribution in [-0.2, 0) is 9.53 Å². The summed E-state index contributed by atoms with van der Waals surface area (Å²) in [4.78, 5) is 27.5. The molecule has 8 heteroatoms. The number of nitrogen functional groups attached to an aromatic ring is 1. The van der Waals surface area contributed by atoms with Crippen LogP contribution in [0.5, 0.6) is 5.75 Å². The zero-order valence-corrected chi connectivity index (χ0v) is 13.4. The van der Waals surface area contributed by atoms with Crippen molar-refractivity contribution < 1.29 is 19.1 Å². The van der Waals surface area contributed by atoms with E-state index >= 15 is 0 Å². The van der Waals surface area contributed by atoms with Crippen LogP contribution in [0.3, 0.4) is 0 Å². The molecule has 122 valence electrons. The Morgan fingerprint density at radius 2 is 2.22 bits per heavy atom. The van der Waals surface area contributed by atoms with Gasteiger partial charge >= 0.3 is 5.97 Å². The fraction of sp³-hybridized carbons (Fsp3) is 0.267. The minimum absolute atomic E-state index is 0.239. The Balaban J connectivity index is 1.96. The van der Waals surface area contributed by atoms with Gasteiger partial charge in [0.25, 0.3) is 5.91 Å². The minimum Gasteiger partial charge on any atom is -0.482 e. The number of thiazole rings is 1. The molecule has 1 heterocycles. The lowest BCUT2D eigenvalue weighted by Crippen LogP contribution is -2.20. The molecule has 0 fully saturated rings. The van der Waals surface area contributed by atoms with Gasteiger partial charge in [0.15, 0.2) is 11.7 Å². The highest BCUT2D eigenvalue weighted by molar-refractivity contribution is 7.13. The normalized spacial score (nSPS) is 10.1. The molecule has 1 aromatic carbocycles. The highest BCUT2D eigenvalue weighted by Gasteiger charge is 2.12. The van der Waals surface area contributed by atoms with E-state index in [9.17, 15) is 9.59 Å². The number of anilines is 2. The van der Waals surface area contributed by atoms with Crippen LogP contribution in [0.4, 0.5) is 10.8 Å². The van der Waals surface area contributed by atoms with Crippen LogP contribution in [0, 0.1) is 0 Å². The van der Waals surface area contributed by atoms with Gasteiger partial charge in [-0.15, -0.1) is 11.3 Å². The molecule has 0 unspecified atom stereocenters. The first kappa shape index (κ1) is 16.8. The molecule has 0 spiro atoms. The summed E-state index contributed by atoms with van der Waals surface area (Å²) in [5.74, 6) is -0.563. The average Bonchev–Trinajstić information content (AvgIpc) is 3.04. The molecule has 0 aliphatic rings. The first-order chi connectivity index (χ1) is 11.1. The summed E-state index contributed by atoms with van der Waals surface area (Å²) in [5.41, 5.74) is 6.45. The van der Waals surface area contributed by atoms with Gasteiger partial charge in [0.05, 0.1) is 17.9 Å². The summed E-state index contributed by atoms with van der Waals surface area (Å²) < 4.78 is 10.4. The fourth-order valence-corrected chi connectivity index (χ4v) is 2.19. The lowest BCUT2D eigenvalue weighted by Gasteiger charge is -2.10. The maximum absolute atomic E-state index is 11.8. The standard InChI is InChI=1S/C15H17N3O4S/c1-2-6-21-14(20)10-3-4-11(16)12(8-10)22-9-13(19)18-15-17-5-7-23-15/h3-5,7-8H,2,6,9,16H2,1H3,(H,17,18,19). The van der Waals surface area contributed by atoms with Crippen molar-refractivity contribution in [1.82, 2.24) is 4.98 Å². The molecule has 0 atom stereocenters. The number of benzene rings is 1. The topological polar surface area (TPSA) is 104 Å². The predicted octanol–water partition coefficient (Wildman–Crippen LogP) is 2.31. The third-order valence-corrected chi connectivity index (χ3v) is 3.41. The van der Waals surface area contributed by atoms with Crippen molar-refractivity contribution in [3.63, 3.8) is 0 Å². The fourth-order valence-electron chi connectivity index (χ4n) is 1.65. The van der Waals surface area contributed by atoms with E-state index in [0.29, 0.717) is 23.0 Å². The Morgan fingerprint density at radius 3 is 2.91 bits per heavy atom. The van der Waals surface area contributed by atoms with Crippen LogP contribution >= 0.6 is 11.3 Å². The molecule has 0 radical (unpaired) electrons. The number of carbonyl (C=O) groups is 2. The molecule has 7 nitrogen and oxygen atoms in total. The minimum atomic E-state index is -0.455. The molecule has 3 N–H and O–H groups in total. The lowest BCUT2D eigenvalue weighted by molar-refractivity contribution is -0.118. The number of nitrogens with one attached hydrogen (secondary N) is 1. The van der Waals surface area contributed by atoms with Crippen LogP contribution in [0.25, 0.3) is 0 Å². The van der Waals surface area contributed by atoms with Crippen molar-refractivity contribution in [3.05, 3.63) is 35.3 Å². The van der Waals surface area contributed by atoms with Gasteiger partial charge in [0.2, 0.25) is 0 Å². The smallest absolute Gasteiger partial charge is 0.338 e. The molecule has 23 heavy (non-hydrogen) atoms. The van der Waals surface area contributed by atoms with Gasteiger partial charge < -0.3 is 15.2 Å². The molecule has 1 aromatic heterocycles. The summed E-state index contributed by atoms with van der Waals surface area (Å²) in [7, 11) is 0. The van der Waals surface area contributed by atoms with Gasteiger partial charge in [0, 0.05) is 11.6 Å². The number of aromatic nitrogens is 1. The lowest BCUT2D eigenvalue weighted by atomic mass is 10.2. The Morgan fingerprint density at radius 1 is 1.39 bits per heavy atom. The second-order valence-corrected chi connectivity index (χ2v) is 5.46. The SMILES string of the molecule is CCCOC(=O)c1ccc(N)c(OCC(=O)Nc2nccs2)c1. The number of nitrogens with zero attached hydrogens (tertiary/aromatic N) is 1. The Hall–Kier alpha value is -2.61. The third-order valence-electron chi connectivity index (χ3n) is 2.72. The van der Waals surface area contributed by atoms with E-state index in [1.807, 2.05) is 6.92 Å². The molecule has 2 aromatic rings. The van der Waals surface area contributed by atoms with E-state index in [4.69, 9.17) is 15.2 Å². The Bertz CT molecular complexity index is 673. The quantitative estimate of drug-likeness (QED) is 0.594. The highest BCUT2D eigenvalue weighted by atomic mass is 32.1. The number of hydrogen-bond donors (Lipinski definition) is 2. The largest absolute Gasteiger partial charge is 0.482 e. The predicted molar refractivity (Wildman–Crippen MR) is 87.7 cm³/mol. The van der Waals surface area contributed by atoms with Gasteiger partial charge in [-0.25, -0.2) is 9.78 Å². The van der Waals surface area contributed by atoms with Crippen molar-refractivity contribution in [1.29, 1.82) is 0 Å². The molecule has 0 aliphatic carbocycles.